The predicted octanol–water partition coefficient (Wildman–Crippen LogP) is 4.67. The van der Waals surface area contributed by atoms with E-state index in [9.17, 15) is 0 Å². The molecule has 0 aromatic heterocycles. The molecular formula is C21H18N2O2. The predicted molar refractivity (Wildman–Crippen MR) is 97.1 cm³/mol. The van der Waals surface area contributed by atoms with E-state index in [4.69, 9.17) is 20.4 Å². The fourth-order valence-corrected chi connectivity index (χ4v) is 2.51. The lowest BCUT2D eigenvalue weighted by molar-refractivity contribution is 0.562. The van der Waals surface area contributed by atoms with E-state index >= 15 is 0 Å². The number of isocyanates is 2. The van der Waals surface area contributed by atoms with E-state index in [-0.39, 0.29) is 0 Å². The molecule has 0 fully saturated rings. The maximum atomic E-state index is 8.35. The van der Waals surface area contributed by atoms with E-state index in [0.29, 0.717) is 5.92 Å². The van der Waals surface area contributed by atoms with Crippen molar-refractivity contribution >= 4 is 12.2 Å². The van der Waals surface area contributed by atoms with Crippen molar-refractivity contribution in [1.29, 1.82) is 10.8 Å². The Kier molecular flexibility index (Phi) is 9.28. The summed E-state index contributed by atoms with van der Waals surface area (Å²) in [4.78, 5) is 16.7. The third-order valence-electron chi connectivity index (χ3n) is 3.40. The summed E-state index contributed by atoms with van der Waals surface area (Å²) in [6.07, 6.45) is 1.50. The van der Waals surface area contributed by atoms with Crippen LogP contribution in [0.4, 0.5) is 0 Å². The van der Waals surface area contributed by atoms with Gasteiger partial charge in [0.1, 0.15) is 0 Å². The molecule has 0 spiro atoms. The topological polar surface area (TPSA) is 81.8 Å². The van der Waals surface area contributed by atoms with Gasteiger partial charge in [0.15, 0.2) is 0 Å². The molecule has 0 aliphatic rings. The minimum Gasteiger partial charge on any atom is -0.222 e. The van der Waals surface area contributed by atoms with Crippen LogP contribution in [0.2, 0.25) is 0 Å². The monoisotopic (exact) mass is 330 g/mol. The highest BCUT2D eigenvalue weighted by atomic mass is 16.1. The largest absolute Gasteiger partial charge is 0.231 e. The lowest BCUT2D eigenvalue weighted by Crippen LogP contribution is -2.02. The lowest BCUT2D eigenvalue weighted by Gasteiger charge is -2.18. The molecule has 3 aromatic carbocycles. The molecule has 0 heterocycles. The molecule has 3 aromatic rings. The second kappa shape index (κ2) is 11.9. The maximum Gasteiger partial charge on any atom is 0.231 e. The van der Waals surface area contributed by atoms with Crippen LogP contribution in [0.5, 0.6) is 0 Å². The molecule has 25 heavy (non-hydrogen) atoms. The summed E-state index contributed by atoms with van der Waals surface area (Å²) in [5.74, 6) is 0.309. The molecule has 0 aliphatic carbocycles. The minimum atomic E-state index is 0.309. The van der Waals surface area contributed by atoms with Crippen LogP contribution >= 0.6 is 0 Å². The van der Waals surface area contributed by atoms with Crippen LogP contribution in [0.1, 0.15) is 22.6 Å². The van der Waals surface area contributed by atoms with Gasteiger partial charge in [-0.1, -0.05) is 91.0 Å². The average molecular weight is 330 g/mol. The summed E-state index contributed by atoms with van der Waals surface area (Å²) in [5.41, 5.74) is 4.00. The van der Waals surface area contributed by atoms with E-state index < -0.39 is 0 Å². The molecule has 3 rings (SSSR count). The van der Waals surface area contributed by atoms with Crippen molar-refractivity contribution in [2.24, 2.45) is 0 Å². The van der Waals surface area contributed by atoms with E-state index in [0.717, 1.165) is 12.2 Å². The quantitative estimate of drug-likeness (QED) is 0.416. The highest BCUT2D eigenvalue weighted by Gasteiger charge is 2.15. The molecule has 0 amide bonds. The highest BCUT2D eigenvalue weighted by Crippen LogP contribution is 2.31. The first-order valence-electron chi connectivity index (χ1n) is 7.51. The van der Waals surface area contributed by atoms with Crippen LogP contribution in [0.25, 0.3) is 0 Å². The van der Waals surface area contributed by atoms with Crippen LogP contribution in [0.3, 0.4) is 0 Å². The first-order valence-corrected chi connectivity index (χ1v) is 7.51. The smallest absolute Gasteiger partial charge is 0.222 e. The number of benzene rings is 3. The van der Waals surface area contributed by atoms with Gasteiger partial charge in [-0.15, -0.1) is 0 Å². The fraction of sp³-hybridized carbons (Fsp3) is 0.0476. The normalized spacial score (nSPS) is 8.68. The van der Waals surface area contributed by atoms with Crippen LogP contribution in [0.15, 0.2) is 91.0 Å². The van der Waals surface area contributed by atoms with Gasteiger partial charge in [0, 0.05) is 5.92 Å². The van der Waals surface area contributed by atoms with Crippen molar-refractivity contribution in [1.82, 2.24) is 0 Å². The van der Waals surface area contributed by atoms with Crippen molar-refractivity contribution in [2.45, 2.75) is 5.92 Å². The Morgan fingerprint density at radius 2 is 0.720 bits per heavy atom. The summed E-state index contributed by atoms with van der Waals surface area (Å²) in [6, 6.07) is 32.0. The highest BCUT2D eigenvalue weighted by molar-refractivity contribution is 5.42. The van der Waals surface area contributed by atoms with Gasteiger partial charge < -0.3 is 0 Å². The first kappa shape index (κ1) is 19.5. The molecule has 0 saturated heterocycles. The third kappa shape index (κ3) is 6.59. The van der Waals surface area contributed by atoms with Crippen LogP contribution in [-0.2, 0) is 9.59 Å². The Hall–Kier alpha value is -3.58. The molecule has 2 N–H and O–H groups in total. The van der Waals surface area contributed by atoms with Crippen LogP contribution in [0, 0.1) is 10.8 Å². The van der Waals surface area contributed by atoms with Crippen molar-refractivity contribution in [3.8, 4) is 0 Å². The van der Waals surface area contributed by atoms with E-state index in [2.05, 4.69) is 91.0 Å². The number of rotatable bonds is 3. The molecule has 0 atom stereocenters. The molecule has 0 saturated carbocycles. The van der Waals surface area contributed by atoms with Crippen molar-refractivity contribution in [3.05, 3.63) is 108 Å². The molecule has 0 unspecified atom stereocenters. The Balaban J connectivity index is 0.000000460. The molecule has 124 valence electrons. The molecule has 0 radical (unpaired) electrons. The fourth-order valence-electron chi connectivity index (χ4n) is 2.51. The molecule has 4 heteroatoms. The van der Waals surface area contributed by atoms with Gasteiger partial charge in [-0.25, -0.2) is 20.4 Å². The third-order valence-corrected chi connectivity index (χ3v) is 3.40. The summed E-state index contributed by atoms with van der Waals surface area (Å²) in [5, 5.41) is 10.8. The summed E-state index contributed by atoms with van der Waals surface area (Å²) in [7, 11) is 0. The Morgan fingerprint density at radius 3 is 0.920 bits per heavy atom. The van der Waals surface area contributed by atoms with Crippen molar-refractivity contribution < 1.29 is 9.59 Å². The number of nitrogens with one attached hydrogen (secondary N) is 2. The first-order chi connectivity index (χ1) is 12.3. The molecule has 0 aliphatic heterocycles. The summed E-state index contributed by atoms with van der Waals surface area (Å²) in [6.45, 7) is 0. The zero-order chi connectivity index (χ0) is 18.3. The van der Waals surface area contributed by atoms with E-state index in [1.807, 2.05) is 0 Å². The summed E-state index contributed by atoms with van der Waals surface area (Å²) >= 11 is 0. The SMILES string of the molecule is N=C=O.N=C=O.c1ccc(C(c2ccccc2)c2ccccc2)cc1. The Bertz CT molecular complexity index is 685. The van der Waals surface area contributed by atoms with E-state index in [1.54, 1.807) is 0 Å². The minimum absolute atomic E-state index is 0.309. The zero-order valence-corrected chi connectivity index (χ0v) is 13.6. The van der Waals surface area contributed by atoms with Crippen molar-refractivity contribution in [2.75, 3.05) is 0 Å². The molecule has 0 bridgehead atoms. The average Bonchev–Trinajstić information content (AvgIpc) is 2.66. The lowest BCUT2D eigenvalue weighted by atomic mass is 9.85. The molecule has 4 nitrogen and oxygen atoms in total. The van der Waals surface area contributed by atoms with Gasteiger partial charge in [0.05, 0.1) is 0 Å². The standard InChI is InChI=1S/C19H16.2CHNO/c1-4-10-16(11-5-1)19(17-12-6-2-7-13-17)18-14-8-3-9-15-18;2*2-1-3/h1-15,19H;2*2H. The number of hydrogen-bond donors (Lipinski definition) is 2. The Morgan fingerprint density at radius 1 is 0.520 bits per heavy atom. The van der Waals surface area contributed by atoms with E-state index in [1.165, 1.54) is 16.7 Å². The summed E-state index contributed by atoms with van der Waals surface area (Å²) < 4.78 is 0. The van der Waals surface area contributed by atoms with Crippen molar-refractivity contribution in [3.63, 3.8) is 0 Å². The van der Waals surface area contributed by atoms with Gasteiger partial charge in [-0.2, -0.15) is 0 Å². The Labute approximate surface area is 146 Å². The molecular weight excluding hydrogens is 312 g/mol. The van der Waals surface area contributed by atoms with Crippen LogP contribution in [-0.4, -0.2) is 12.2 Å². The van der Waals surface area contributed by atoms with Gasteiger partial charge >= 0.3 is 0 Å². The van der Waals surface area contributed by atoms with Gasteiger partial charge in [0.2, 0.25) is 12.2 Å². The second-order valence-corrected chi connectivity index (χ2v) is 4.87. The van der Waals surface area contributed by atoms with Gasteiger partial charge in [-0.05, 0) is 16.7 Å². The second-order valence-electron chi connectivity index (χ2n) is 4.87. The van der Waals surface area contributed by atoms with Gasteiger partial charge in [0.25, 0.3) is 0 Å². The van der Waals surface area contributed by atoms with Crippen LogP contribution < -0.4 is 0 Å². The van der Waals surface area contributed by atoms with Gasteiger partial charge in [-0.3, -0.25) is 0 Å². The maximum absolute atomic E-state index is 8.35. The number of carbonyl (C=O) groups excluding carboxylic acids is 2. The number of hydrogen-bond acceptors (Lipinski definition) is 4. The zero-order valence-electron chi connectivity index (χ0n) is 13.6.